The molecule has 0 N–H and O–H groups in total. The Kier molecular flexibility index (Phi) is 4.72. The number of aromatic nitrogens is 3. The molecule has 2 heterocycles. The summed E-state index contributed by atoms with van der Waals surface area (Å²) in [4.78, 5) is 15.4. The number of carbonyl (C=O) groups excluding carboxylic acids is 1. The van der Waals surface area contributed by atoms with Crippen LogP contribution in [0, 0.1) is 0 Å². The molecule has 0 atom stereocenters. The van der Waals surface area contributed by atoms with Gasteiger partial charge >= 0.3 is 0 Å². The predicted octanol–water partition coefficient (Wildman–Crippen LogP) is 3.32. The number of pyridine rings is 1. The maximum absolute atomic E-state index is 11.1. The Morgan fingerprint density at radius 3 is 2.85 bits per heavy atom. The van der Waals surface area contributed by atoms with E-state index in [0.717, 1.165) is 22.2 Å². The second-order valence-electron chi connectivity index (χ2n) is 5.88. The molecule has 0 spiro atoms. The Balaban J connectivity index is 2.12. The fourth-order valence-corrected chi connectivity index (χ4v) is 2.85. The number of rotatable bonds is 6. The van der Waals surface area contributed by atoms with Gasteiger partial charge in [-0.1, -0.05) is 19.6 Å². The number of hydrogen-bond acceptors (Lipinski definition) is 4. The molecule has 2 aromatic heterocycles. The lowest BCUT2D eigenvalue weighted by Gasteiger charge is -2.15. The van der Waals surface area contributed by atoms with E-state index in [-0.39, 0.29) is 0 Å². The third kappa shape index (κ3) is 3.74. The van der Waals surface area contributed by atoms with Gasteiger partial charge in [0.2, 0.25) is 0 Å². The first-order valence-corrected chi connectivity index (χ1v) is 11.0. The molecule has 2 rings (SSSR count). The number of aldehydes is 1. The van der Waals surface area contributed by atoms with Crippen LogP contribution in [0.5, 0.6) is 0 Å². The van der Waals surface area contributed by atoms with Crippen molar-refractivity contribution in [1.82, 2.24) is 14.8 Å². The average Bonchev–Trinajstić information content (AvgIpc) is 2.71. The van der Waals surface area contributed by atoms with Crippen molar-refractivity contribution >= 4 is 41.3 Å². The van der Waals surface area contributed by atoms with E-state index in [2.05, 4.69) is 45.7 Å². The molecule has 5 nitrogen and oxygen atoms in total. The Labute approximate surface area is 127 Å². The molecule has 7 heteroatoms. The van der Waals surface area contributed by atoms with Gasteiger partial charge in [0, 0.05) is 25.4 Å². The van der Waals surface area contributed by atoms with Crippen LogP contribution in [0.2, 0.25) is 25.7 Å². The maximum atomic E-state index is 11.1. The van der Waals surface area contributed by atoms with Crippen molar-refractivity contribution < 1.29 is 9.53 Å². The van der Waals surface area contributed by atoms with Crippen LogP contribution in [0.4, 0.5) is 0 Å². The molecule has 0 aromatic carbocycles. The van der Waals surface area contributed by atoms with Crippen molar-refractivity contribution in [2.45, 2.75) is 32.4 Å². The van der Waals surface area contributed by atoms with E-state index in [0.29, 0.717) is 24.7 Å². The quantitative estimate of drug-likeness (QED) is 0.453. The highest BCUT2D eigenvalue weighted by Gasteiger charge is 2.14. The normalized spacial score (nSPS) is 12.0. The SMILES string of the molecule is C[Si](C)(C)CCOCn1nc(C=O)c2cc(Br)cnc21. The Bertz CT molecular complexity index is 622. The summed E-state index contributed by atoms with van der Waals surface area (Å²) in [5.41, 5.74) is 1.06. The van der Waals surface area contributed by atoms with Gasteiger partial charge in [-0.25, -0.2) is 9.67 Å². The van der Waals surface area contributed by atoms with Crippen molar-refractivity contribution in [2.24, 2.45) is 0 Å². The van der Waals surface area contributed by atoms with E-state index in [4.69, 9.17) is 4.74 Å². The molecule has 108 valence electrons. The molecule has 0 saturated carbocycles. The fourth-order valence-electron chi connectivity index (χ4n) is 1.76. The molecular formula is C13H18BrN3O2Si. The Morgan fingerprint density at radius 1 is 1.45 bits per heavy atom. The van der Waals surface area contributed by atoms with Crippen molar-refractivity contribution in [2.75, 3.05) is 6.61 Å². The summed E-state index contributed by atoms with van der Waals surface area (Å²) in [5.74, 6) is 0. The number of nitrogens with zero attached hydrogens (tertiary/aromatic N) is 3. The van der Waals surface area contributed by atoms with Crippen LogP contribution in [0.15, 0.2) is 16.7 Å². The topological polar surface area (TPSA) is 57.0 Å². The standard InChI is InChI=1S/C13H18BrN3O2Si/c1-20(2,3)5-4-19-9-17-13-11(12(8-18)16-17)6-10(14)7-15-13/h6-8H,4-5,9H2,1-3H3. The van der Waals surface area contributed by atoms with Crippen molar-refractivity contribution in [3.63, 3.8) is 0 Å². The summed E-state index contributed by atoms with van der Waals surface area (Å²) in [6, 6.07) is 2.95. The van der Waals surface area contributed by atoms with Gasteiger partial charge in [-0.05, 0) is 28.0 Å². The van der Waals surface area contributed by atoms with Crippen LogP contribution < -0.4 is 0 Å². The van der Waals surface area contributed by atoms with Gasteiger partial charge < -0.3 is 4.74 Å². The van der Waals surface area contributed by atoms with E-state index >= 15 is 0 Å². The monoisotopic (exact) mass is 355 g/mol. The van der Waals surface area contributed by atoms with Crippen LogP contribution in [0.25, 0.3) is 11.0 Å². The molecule has 0 radical (unpaired) electrons. The van der Waals surface area contributed by atoms with Crippen LogP contribution in [0.3, 0.4) is 0 Å². The van der Waals surface area contributed by atoms with Gasteiger partial charge in [-0.3, -0.25) is 4.79 Å². The zero-order valence-corrected chi connectivity index (χ0v) is 14.5. The minimum absolute atomic E-state index is 0.323. The summed E-state index contributed by atoms with van der Waals surface area (Å²) in [6.07, 6.45) is 2.44. The number of fused-ring (bicyclic) bond motifs is 1. The fraction of sp³-hybridized carbons (Fsp3) is 0.462. The summed E-state index contributed by atoms with van der Waals surface area (Å²) >= 11 is 3.35. The molecule has 0 saturated heterocycles. The zero-order chi connectivity index (χ0) is 14.8. The lowest BCUT2D eigenvalue weighted by atomic mass is 10.3. The van der Waals surface area contributed by atoms with E-state index in [1.807, 2.05) is 6.07 Å². The van der Waals surface area contributed by atoms with Crippen LogP contribution in [0.1, 0.15) is 10.5 Å². The predicted molar refractivity (Wildman–Crippen MR) is 84.7 cm³/mol. The van der Waals surface area contributed by atoms with E-state index in [9.17, 15) is 4.79 Å². The van der Waals surface area contributed by atoms with Gasteiger partial charge in [0.25, 0.3) is 0 Å². The third-order valence-electron chi connectivity index (χ3n) is 2.90. The lowest BCUT2D eigenvalue weighted by Crippen LogP contribution is -2.22. The number of carbonyl (C=O) groups is 1. The van der Waals surface area contributed by atoms with Gasteiger partial charge in [-0.15, -0.1) is 0 Å². The van der Waals surface area contributed by atoms with Crippen LogP contribution >= 0.6 is 15.9 Å². The van der Waals surface area contributed by atoms with Gasteiger partial charge in [0.05, 0.1) is 5.39 Å². The van der Waals surface area contributed by atoms with E-state index in [1.165, 1.54) is 0 Å². The summed E-state index contributed by atoms with van der Waals surface area (Å²) in [5, 5.41) is 4.97. The van der Waals surface area contributed by atoms with Gasteiger partial charge in [0.1, 0.15) is 12.4 Å². The Hall–Kier alpha value is -1.05. The Morgan fingerprint density at radius 2 is 2.20 bits per heavy atom. The molecule has 0 aliphatic heterocycles. The number of ether oxygens (including phenoxy) is 1. The lowest BCUT2D eigenvalue weighted by molar-refractivity contribution is 0.0808. The maximum Gasteiger partial charge on any atom is 0.171 e. The third-order valence-corrected chi connectivity index (χ3v) is 5.04. The molecule has 0 aliphatic rings. The first-order chi connectivity index (χ1) is 9.40. The summed E-state index contributed by atoms with van der Waals surface area (Å²) < 4.78 is 8.12. The molecule has 2 aromatic rings. The van der Waals surface area contributed by atoms with Crippen molar-refractivity contribution in [3.05, 3.63) is 22.4 Å². The summed E-state index contributed by atoms with van der Waals surface area (Å²) in [6.45, 7) is 7.96. The molecule has 0 aliphatic carbocycles. The average molecular weight is 356 g/mol. The second kappa shape index (κ2) is 6.15. The molecule has 0 amide bonds. The largest absolute Gasteiger partial charge is 0.359 e. The van der Waals surface area contributed by atoms with E-state index in [1.54, 1.807) is 10.9 Å². The van der Waals surface area contributed by atoms with Gasteiger partial charge in [0.15, 0.2) is 11.9 Å². The van der Waals surface area contributed by atoms with E-state index < -0.39 is 8.07 Å². The summed E-state index contributed by atoms with van der Waals surface area (Å²) in [7, 11) is -1.09. The van der Waals surface area contributed by atoms with Crippen molar-refractivity contribution in [1.29, 1.82) is 0 Å². The smallest absolute Gasteiger partial charge is 0.171 e. The van der Waals surface area contributed by atoms with Crippen LogP contribution in [-0.4, -0.2) is 35.7 Å². The minimum Gasteiger partial charge on any atom is -0.359 e. The zero-order valence-electron chi connectivity index (χ0n) is 11.9. The first-order valence-electron chi connectivity index (χ1n) is 6.46. The molecule has 20 heavy (non-hydrogen) atoms. The minimum atomic E-state index is -1.09. The van der Waals surface area contributed by atoms with Crippen LogP contribution in [-0.2, 0) is 11.5 Å². The number of hydrogen-bond donors (Lipinski definition) is 0. The number of halogens is 1. The molecular weight excluding hydrogens is 338 g/mol. The molecule has 0 fully saturated rings. The van der Waals surface area contributed by atoms with Gasteiger partial charge in [-0.2, -0.15) is 5.10 Å². The first kappa shape index (κ1) is 15.3. The molecule has 0 unspecified atom stereocenters. The molecule has 0 bridgehead atoms. The second-order valence-corrected chi connectivity index (χ2v) is 12.4. The highest BCUT2D eigenvalue weighted by molar-refractivity contribution is 9.10. The van der Waals surface area contributed by atoms with Crippen molar-refractivity contribution in [3.8, 4) is 0 Å². The highest BCUT2D eigenvalue weighted by Crippen LogP contribution is 2.20. The highest BCUT2D eigenvalue weighted by atomic mass is 79.9.